The van der Waals surface area contributed by atoms with E-state index in [1.54, 1.807) is 29.0 Å². The zero-order valence-corrected chi connectivity index (χ0v) is 18.9. The number of carbonyl (C=O) groups is 1. The molecule has 1 saturated carbocycles. The summed E-state index contributed by atoms with van der Waals surface area (Å²) in [5.74, 6) is 0.524. The Morgan fingerprint density at radius 2 is 1.94 bits per heavy atom. The van der Waals surface area contributed by atoms with E-state index in [1.165, 1.54) is 12.3 Å². The minimum Gasteiger partial charge on any atom is -0.382 e. The Hall–Kier alpha value is -3.27. The van der Waals surface area contributed by atoms with Gasteiger partial charge in [-0.1, -0.05) is 0 Å². The normalized spacial score (nSPS) is 17.0. The predicted molar refractivity (Wildman–Crippen MR) is 119 cm³/mol. The lowest BCUT2D eigenvalue weighted by Crippen LogP contribution is -2.35. The molecule has 1 unspecified atom stereocenters. The standard InChI is InChI=1S/C22H24N6O3S/c1-12(13-4-5-13)28-11-15-6-14(7-18(32(3,30)31)19(15)22(28)29)17-9-24-21(23)20(26-17)16-8-25-27(2)10-16/h6-10,12-13H,4-5,11H2,1-3H3,(H2,23,24). The Morgan fingerprint density at radius 3 is 2.56 bits per heavy atom. The van der Waals surface area contributed by atoms with Crippen LogP contribution in [0.2, 0.25) is 0 Å². The van der Waals surface area contributed by atoms with Crippen molar-refractivity contribution in [3.05, 3.63) is 41.9 Å². The van der Waals surface area contributed by atoms with Crippen molar-refractivity contribution < 1.29 is 13.2 Å². The summed E-state index contributed by atoms with van der Waals surface area (Å²) in [4.78, 5) is 23.9. The third-order valence-corrected chi connectivity index (χ3v) is 7.39. The number of anilines is 1. The second-order valence-electron chi connectivity index (χ2n) is 8.68. The number of hydrogen-bond acceptors (Lipinski definition) is 7. The molecule has 2 aliphatic rings. The van der Waals surface area contributed by atoms with E-state index in [9.17, 15) is 13.2 Å². The molecule has 0 radical (unpaired) electrons. The van der Waals surface area contributed by atoms with E-state index in [4.69, 9.17) is 5.73 Å². The number of aryl methyl sites for hydroxylation is 1. The van der Waals surface area contributed by atoms with E-state index in [0.717, 1.165) is 19.1 Å². The molecule has 1 aromatic carbocycles. The molecule has 2 N–H and O–H groups in total. The third-order valence-electron chi connectivity index (χ3n) is 6.27. The Kier molecular flexibility index (Phi) is 4.59. The lowest BCUT2D eigenvalue weighted by molar-refractivity contribution is 0.0694. The second kappa shape index (κ2) is 7.13. The molecule has 166 valence electrons. The number of hydrogen-bond donors (Lipinski definition) is 1. The van der Waals surface area contributed by atoms with E-state index in [-0.39, 0.29) is 28.2 Å². The second-order valence-corrected chi connectivity index (χ2v) is 10.7. The van der Waals surface area contributed by atoms with Crippen LogP contribution in [0.3, 0.4) is 0 Å². The molecule has 2 aromatic heterocycles. The fourth-order valence-corrected chi connectivity index (χ4v) is 5.27. The fraction of sp³-hybridized carbons (Fsp3) is 0.364. The number of nitrogen functional groups attached to an aromatic ring is 1. The molecule has 1 amide bonds. The van der Waals surface area contributed by atoms with Crippen LogP contribution in [0, 0.1) is 5.92 Å². The van der Waals surface area contributed by atoms with Gasteiger partial charge in [-0.15, -0.1) is 0 Å². The number of amides is 1. The van der Waals surface area contributed by atoms with Crippen LogP contribution < -0.4 is 5.73 Å². The first-order valence-corrected chi connectivity index (χ1v) is 12.3. The summed E-state index contributed by atoms with van der Waals surface area (Å²) >= 11 is 0. The Labute approximate surface area is 186 Å². The van der Waals surface area contributed by atoms with Gasteiger partial charge in [0.25, 0.3) is 5.91 Å². The van der Waals surface area contributed by atoms with Crippen LogP contribution in [0.5, 0.6) is 0 Å². The van der Waals surface area contributed by atoms with Crippen molar-refractivity contribution in [2.45, 2.75) is 37.2 Å². The van der Waals surface area contributed by atoms with Crippen molar-refractivity contribution in [2.75, 3.05) is 12.0 Å². The number of benzene rings is 1. The Bertz CT molecular complexity index is 1360. The number of nitrogens with two attached hydrogens (primary N) is 1. The van der Waals surface area contributed by atoms with Crippen LogP contribution in [0.1, 0.15) is 35.7 Å². The third kappa shape index (κ3) is 3.44. The zero-order chi connectivity index (χ0) is 22.8. The molecule has 1 aliphatic carbocycles. The fourth-order valence-electron chi connectivity index (χ4n) is 4.34. The molecule has 1 aliphatic heterocycles. The minimum atomic E-state index is -3.65. The molecule has 32 heavy (non-hydrogen) atoms. The highest BCUT2D eigenvalue weighted by Gasteiger charge is 2.40. The average molecular weight is 453 g/mol. The summed E-state index contributed by atoms with van der Waals surface area (Å²) in [6.07, 6.45) is 8.27. The molecule has 1 atom stereocenters. The van der Waals surface area contributed by atoms with E-state index in [1.807, 2.05) is 13.0 Å². The number of fused-ring (bicyclic) bond motifs is 1. The van der Waals surface area contributed by atoms with Crippen molar-refractivity contribution >= 4 is 21.6 Å². The van der Waals surface area contributed by atoms with Crippen molar-refractivity contribution in [1.82, 2.24) is 24.6 Å². The number of carbonyl (C=O) groups excluding carboxylic acids is 1. The molecule has 5 rings (SSSR count). The average Bonchev–Trinajstić information content (AvgIpc) is 3.42. The van der Waals surface area contributed by atoms with Crippen molar-refractivity contribution in [1.29, 1.82) is 0 Å². The first-order valence-electron chi connectivity index (χ1n) is 10.4. The van der Waals surface area contributed by atoms with Gasteiger partial charge < -0.3 is 10.6 Å². The van der Waals surface area contributed by atoms with Gasteiger partial charge in [0.05, 0.1) is 28.5 Å². The van der Waals surface area contributed by atoms with Crippen LogP contribution in [-0.4, -0.2) is 51.3 Å². The Morgan fingerprint density at radius 1 is 1.19 bits per heavy atom. The molecule has 0 saturated heterocycles. The molecule has 1 fully saturated rings. The molecule has 10 heteroatoms. The molecular weight excluding hydrogens is 428 g/mol. The van der Waals surface area contributed by atoms with E-state index in [0.29, 0.717) is 40.5 Å². The van der Waals surface area contributed by atoms with E-state index < -0.39 is 9.84 Å². The Balaban J connectivity index is 1.63. The molecule has 3 aromatic rings. The van der Waals surface area contributed by atoms with Crippen LogP contribution >= 0.6 is 0 Å². The van der Waals surface area contributed by atoms with E-state index in [2.05, 4.69) is 15.1 Å². The largest absolute Gasteiger partial charge is 0.382 e. The van der Waals surface area contributed by atoms with Gasteiger partial charge in [-0.25, -0.2) is 18.4 Å². The maximum atomic E-state index is 13.2. The lowest BCUT2D eigenvalue weighted by Gasteiger charge is -2.24. The summed E-state index contributed by atoms with van der Waals surface area (Å²) < 4.78 is 26.9. The summed E-state index contributed by atoms with van der Waals surface area (Å²) in [5, 5.41) is 4.15. The highest BCUT2D eigenvalue weighted by Crippen LogP contribution is 2.40. The van der Waals surface area contributed by atoms with Crippen molar-refractivity contribution in [3.8, 4) is 22.5 Å². The van der Waals surface area contributed by atoms with Gasteiger partial charge in [0, 0.05) is 43.2 Å². The number of rotatable bonds is 5. The van der Waals surface area contributed by atoms with E-state index >= 15 is 0 Å². The van der Waals surface area contributed by atoms with Crippen molar-refractivity contribution in [2.24, 2.45) is 13.0 Å². The lowest BCUT2D eigenvalue weighted by atomic mass is 10.0. The first-order chi connectivity index (χ1) is 15.1. The zero-order valence-electron chi connectivity index (χ0n) is 18.1. The molecule has 0 spiro atoms. The highest BCUT2D eigenvalue weighted by molar-refractivity contribution is 7.90. The summed E-state index contributed by atoms with van der Waals surface area (Å²) in [6.45, 7) is 2.42. The minimum absolute atomic E-state index is 0.0297. The summed E-state index contributed by atoms with van der Waals surface area (Å²) in [7, 11) is -1.85. The van der Waals surface area contributed by atoms with Crippen LogP contribution in [0.15, 0.2) is 35.6 Å². The van der Waals surface area contributed by atoms with Gasteiger partial charge in [-0.05, 0) is 43.4 Å². The molecule has 9 nitrogen and oxygen atoms in total. The molecule has 0 bridgehead atoms. The van der Waals surface area contributed by atoms with Gasteiger partial charge in [0.15, 0.2) is 9.84 Å². The number of aromatic nitrogens is 4. The number of nitrogens with zero attached hydrogens (tertiary/aromatic N) is 5. The SMILES string of the molecule is CC(C1CC1)N1Cc2cc(-c3cnc(N)c(-c4cnn(C)c4)n3)cc(S(C)(=O)=O)c2C1=O. The molecular formula is C22H24N6O3S. The molecule has 3 heterocycles. The van der Waals surface area contributed by atoms with Crippen molar-refractivity contribution in [3.63, 3.8) is 0 Å². The number of sulfone groups is 1. The van der Waals surface area contributed by atoms with Gasteiger partial charge in [0.2, 0.25) is 0 Å². The van der Waals surface area contributed by atoms with Crippen LogP contribution in [0.25, 0.3) is 22.5 Å². The predicted octanol–water partition coefficient (Wildman–Crippen LogP) is 2.28. The maximum absolute atomic E-state index is 13.2. The van der Waals surface area contributed by atoms with Gasteiger partial charge >= 0.3 is 0 Å². The first kappa shape index (κ1) is 20.6. The summed E-state index contributed by atoms with van der Waals surface area (Å²) in [5.41, 5.74) is 9.26. The van der Waals surface area contributed by atoms with Gasteiger partial charge in [-0.2, -0.15) is 5.10 Å². The van der Waals surface area contributed by atoms with Crippen LogP contribution in [-0.2, 0) is 23.4 Å². The highest BCUT2D eigenvalue weighted by atomic mass is 32.2. The van der Waals surface area contributed by atoms with Gasteiger partial charge in [-0.3, -0.25) is 9.48 Å². The summed E-state index contributed by atoms with van der Waals surface area (Å²) in [6, 6.07) is 3.44. The quantitative estimate of drug-likeness (QED) is 0.630. The topological polar surface area (TPSA) is 124 Å². The van der Waals surface area contributed by atoms with Gasteiger partial charge in [0.1, 0.15) is 11.5 Å². The smallest absolute Gasteiger partial charge is 0.256 e. The van der Waals surface area contributed by atoms with Crippen LogP contribution in [0.4, 0.5) is 5.82 Å². The maximum Gasteiger partial charge on any atom is 0.256 e. The monoisotopic (exact) mass is 452 g/mol.